The first kappa shape index (κ1) is 61.8. The van der Waals surface area contributed by atoms with Crippen molar-refractivity contribution in [3.05, 3.63) is 103 Å². The van der Waals surface area contributed by atoms with Crippen molar-refractivity contribution >= 4 is 17.8 Å². The van der Waals surface area contributed by atoms with Crippen LogP contribution in [-0.2, 0) is 44.5 Å². The fourth-order valence-electron chi connectivity index (χ4n) is 8.73. The number of methoxy groups -OCH3 is 1. The standard InChI is InChI=1S/C52H78N4O18/c1-31-16-14-12-10-8-6-4-5-7-9-11-13-15-17-37(73-51-48(66)47(53)43(64)29-71-51)25-44-46(49(67)56-38(50(68)70-3)21-33-28-54-30-55-33)42(63)27-52(69,74-44)26-36(59)23-41(62)39(60)19-18-34(57)22-35(58)24-45(65)72-32(2)20-40(31)61/h4-17,28,30-32,34-44,46-48,51,57-64,66,69H,18-27,29,53H2,1-3H3,(H,54,55)(H,56,67)/b5-4+,8-6+,9-7+,12-10+,13-11+,16-14+,17-15+/t31-,32-,34?,35?,36?,37?,38-,39?,40-,41?,42-,43+,44-,46?,47-,48+,51-,52?/m0/s1. The molecule has 1 amide bonds. The third-order valence-corrected chi connectivity index (χ3v) is 12.9. The minimum Gasteiger partial charge on any atom is -0.467 e. The summed E-state index contributed by atoms with van der Waals surface area (Å²) in [6, 6.07) is -2.44. The van der Waals surface area contributed by atoms with Gasteiger partial charge in [-0.25, -0.2) is 9.78 Å². The number of nitrogens with zero attached hydrogens (tertiary/aromatic N) is 1. The topological polar surface area (TPSA) is 366 Å². The lowest BCUT2D eigenvalue weighted by atomic mass is 9.82. The number of fused-ring (bicyclic) bond motifs is 2. The molecule has 8 unspecified atom stereocenters. The molecule has 74 heavy (non-hydrogen) atoms. The summed E-state index contributed by atoms with van der Waals surface area (Å²) in [5, 5.41) is 112. The van der Waals surface area contributed by atoms with Crippen molar-refractivity contribution in [3.8, 4) is 0 Å². The fraction of sp³-hybridized carbons (Fsp3) is 0.615. The van der Waals surface area contributed by atoms with Gasteiger partial charge in [0.2, 0.25) is 5.91 Å². The Bertz CT molecular complexity index is 2060. The second kappa shape index (κ2) is 31.3. The van der Waals surface area contributed by atoms with Gasteiger partial charge < -0.3 is 90.8 Å². The summed E-state index contributed by atoms with van der Waals surface area (Å²) >= 11 is 0. The van der Waals surface area contributed by atoms with E-state index in [9.17, 15) is 65.4 Å². The first-order chi connectivity index (χ1) is 35.2. The summed E-state index contributed by atoms with van der Waals surface area (Å²) in [5.74, 6) is -6.63. The highest BCUT2D eigenvalue weighted by Gasteiger charge is 2.51. The van der Waals surface area contributed by atoms with Crippen LogP contribution in [0, 0.1) is 11.8 Å². The molecule has 0 spiro atoms. The van der Waals surface area contributed by atoms with E-state index in [0.717, 1.165) is 7.11 Å². The van der Waals surface area contributed by atoms with Crippen LogP contribution in [0.4, 0.5) is 0 Å². The number of cyclic esters (lactones) is 1. The number of aromatic nitrogens is 2. The van der Waals surface area contributed by atoms with E-state index in [-0.39, 0.29) is 51.0 Å². The number of amides is 1. The van der Waals surface area contributed by atoms with Crippen molar-refractivity contribution in [1.29, 1.82) is 0 Å². The van der Waals surface area contributed by atoms with Crippen molar-refractivity contribution in [2.24, 2.45) is 17.6 Å². The molecule has 0 saturated carbocycles. The summed E-state index contributed by atoms with van der Waals surface area (Å²) in [7, 11) is 1.13. The van der Waals surface area contributed by atoms with Crippen LogP contribution in [-0.4, -0.2) is 190 Å². The molecule has 0 aromatic carbocycles. The lowest BCUT2D eigenvalue weighted by molar-refractivity contribution is -0.304. The second-order valence-corrected chi connectivity index (χ2v) is 19.2. The predicted octanol–water partition coefficient (Wildman–Crippen LogP) is -0.384. The highest BCUT2D eigenvalue weighted by molar-refractivity contribution is 5.86. The zero-order valence-electron chi connectivity index (χ0n) is 42.1. The number of carbonyl (C=O) groups excluding carboxylic acids is 3. The smallest absolute Gasteiger partial charge is 0.328 e. The van der Waals surface area contributed by atoms with Gasteiger partial charge in [0.15, 0.2) is 12.1 Å². The number of imidazole rings is 1. The van der Waals surface area contributed by atoms with Gasteiger partial charge in [0.25, 0.3) is 0 Å². The van der Waals surface area contributed by atoms with Gasteiger partial charge in [-0.3, -0.25) is 9.59 Å². The molecule has 2 fully saturated rings. The molecule has 1 aromatic rings. The molecule has 22 heteroatoms. The van der Waals surface area contributed by atoms with E-state index < -0.39 is 147 Å². The molecule has 4 rings (SSSR count). The number of nitrogens with one attached hydrogen (secondary N) is 2. The molecule has 414 valence electrons. The molecule has 14 N–H and O–H groups in total. The highest BCUT2D eigenvalue weighted by Crippen LogP contribution is 2.38. The maximum atomic E-state index is 14.3. The van der Waals surface area contributed by atoms with Gasteiger partial charge in [0.1, 0.15) is 18.2 Å². The summed E-state index contributed by atoms with van der Waals surface area (Å²) < 4.78 is 28.3. The lowest BCUT2D eigenvalue weighted by Crippen LogP contribution is -2.60. The molecule has 4 heterocycles. The van der Waals surface area contributed by atoms with Gasteiger partial charge in [0.05, 0.1) is 99.5 Å². The summed E-state index contributed by atoms with van der Waals surface area (Å²) in [4.78, 5) is 46.6. The molecule has 22 nitrogen and oxygen atoms in total. The first-order valence-electron chi connectivity index (χ1n) is 25.0. The molecule has 3 aliphatic rings. The van der Waals surface area contributed by atoms with Gasteiger partial charge in [-0.1, -0.05) is 92.0 Å². The van der Waals surface area contributed by atoms with Gasteiger partial charge in [-0.15, -0.1) is 0 Å². The average Bonchev–Trinajstić information content (AvgIpc) is 3.85. The van der Waals surface area contributed by atoms with Gasteiger partial charge in [-0.05, 0) is 26.2 Å². The number of aliphatic hydroxyl groups is 10. The molecular weight excluding hydrogens is 969 g/mol. The Morgan fingerprint density at radius 2 is 1.42 bits per heavy atom. The number of aliphatic hydroxyl groups excluding tert-OH is 9. The van der Waals surface area contributed by atoms with Gasteiger partial charge in [-0.2, -0.15) is 0 Å². The van der Waals surface area contributed by atoms with E-state index in [4.69, 9.17) is 29.4 Å². The van der Waals surface area contributed by atoms with Crippen LogP contribution in [0.25, 0.3) is 0 Å². The maximum Gasteiger partial charge on any atom is 0.328 e. The maximum absolute atomic E-state index is 14.3. The van der Waals surface area contributed by atoms with E-state index in [1.54, 1.807) is 79.8 Å². The number of hydrogen-bond donors (Lipinski definition) is 13. The van der Waals surface area contributed by atoms with Crippen LogP contribution in [0.15, 0.2) is 97.6 Å². The molecular formula is C52H78N4O18. The SMILES string of the molecule is COC(=O)[C@H](Cc1cnc[nH]1)NC(=O)C1[C@@H]2CC(O[C@@H]3OC[C@@H](O)[C@H](N)[C@H]3O)/C=C/C=C/C=C/C=C/C=C/C=C/C=C/[C@H](C)[C@@H](O)C[C@H](C)OC(=O)CC(O)CC(O)CCC(O)C(O)CC(O)CC(O)(C[C@@H]1O)O2. The Balaban J connectivity index is 1.63. The quantitative estimate of drug-likeness (QED) is 0.155. The van der Waals surface area contributed by atoms with Crippen molar-refractivity contribution in [2.75, 3.05) is 13.7 Å². The van der Waals surface area contributed by atoms with Crippen LogP contribution in [0.1, 0.15) is 77.3 Å². The molecule has 2 saturated heterocycles. The first-order valence-corrected chi connectivity index (χ1v) is 25.0. The summed E-state index contributed by atoms with van der Waals surface area (Å²) in [6.07, 6.45) is 6.75. The third kappa shape index (κ3) is 21.1. The Morgan fingerprint density at radius 3 is 2.04 bits per heavy atom. The molecule has 0 aliphatic carbocycles. The lowest BCUT2D eigenvalue weighted by Gasteiger charge is -2.46. The zero-order chi connectivity index (χ0) is 54.4. The van der Waals surface area contributed by atoms with E-state index in [2.05, 4.69) is 15.3 Å². The van der Waals surface area contributed by atoms with Gasteiger partial charge >= 0.3 is 11.9 Å². The van der Waals surface area contributed by atoms with Crippen molar-refractivity contribution in [1.82, 2.24) is 15.3 Å². The number of hydrogen-bond acceptors (Lipinski definition) is 20. The average molecular weight is 1050 g/mol. The minimum absolute atomic E-state index is 0.0831. The van der Waals surface area contributed by atoms with Crippen LogP contribution in [0.3, 0.4) is 0 Å². The second-order valence-electron chi connectivity index (χ2n) is 19.2. The van der Waals surface area contributed by atoms with Crippen molar-refractivity contribution in [2.45, 2.75) is 175 Å². The molecule has 0 radical (unpaired) electrons. The molecule has 1 aromatic heterocycles. The van der Waals surface area contributed by atoms with E-state index in [1.807, 2.05) is 13.0 Å². The Labute approximate surface area is 431 Å². The predicted molar refractivity (Wildman–Crippen MR) is 266 cm³/mol. The van der Waals surface area contributed by atoms with Crippen LogP contribution in [0.5, 0.6) is 0 Å². The Kier molecular flexibility index (Phi) is 26.2. The summed E-state index contributed by atoms with van der Waals surface area (Å²) in [6.45, 7) is 3.14. The number of esters is 2. The normalized spacial score (nSPS) is 39.7. The van der Waals surface area contributed by atoms with Crippen LogP contribution < -0.4 is 11.1 Å². The molecule has 18 atom stereocenters. The van der Waals surface area contributed by atoms with Gasteiger partial charge in [0, 0.05) is 56.3 Å². The highest BCUT2D eigenvalue weighted by atomic mass is 16.7. The fourth-order valence-corrected chi connectivity index (χ4v) is 8.73. The number of allylic oxidation sites excluding steroid dienone is 12. The zero-order valence-corrected chi connectivity index (χ0v) is 42.1. The Hall–Kier alpha value is -4.76. The van der Waals surface area contributed by atoms with E-state index in [0.29, 0.717) is 5.69 Å². The monoisotopic (exact) mass is 1050 g/mol. The third-order valence-electron chi connectivity index (χ3n) is 12.9. The van der Waals surface area contributed by atoms with Crippen LogP contribution >= 0.6 is 0 Å². The van der Waals surface area contributed by atoms with E-state index in [1.165, 1.54) is 18.6 Å². The number of aromatic amines is 1. The van der Waals surface area contributed by atoms with Crippen molar-refractivity contribution in [3.63, 3.8) is 0 Å². The summed E-state index contributed by atoms with van der Waals surface area (Å²) in [5.41, 5.74) is 6.50. The molecule has 3 aliphatic heterocycles. The largest absolute Gasteiger partial charge is 0.467 e. The number of ether oxygens (including phenoxy) is 5. The van der Waals surface area contributed by atoms with E-state index >= 15 is 0 Å². The number of carbonyl (C=O) groups is 3. The van der Waals surface area contributed by atoms with Crippen molar-refractivity contribution < 1.29 is 89.1 Å². The minimum atomic E-state index is -2.38. The number of H-pyrrole nitrogens is 1. The Morgan fingerprint density at radius 1 is 0.784 bits per heavy atom. The molecule has 2 bridgehead atoms. The number of nitrogens with two attached hydrogens (primary N) is 1. The van der Waals surface area contributed by atoms with Crippen LogP contribution in [0.2, 0.25) is 0 Å². The number of rotatable bonds is 7.